The van der Waals surface area contributed by atoms with E-state index in [4.69, 9.17) is 0 Å². The molecule has 0 aromatic heterocycles. The van der Waals surface area contributed by atoms with Crippen molar-refractivity contribution in [3.05, 3.63) is 0 Å². The molecular weight excluding hydrogens is 332 g/mol. The molecule has 2 atom stereocenters. The number of fused-ring (bicyclic) bond motifs is 1. The van der Waals surface area contributed by atoms with Crippen LogP contribution >= 0.6 is 11.8 Å². The molecule has 0 spiro atoms. The highest BCUT2D eigenvalue weighted by molar-refractivity contribution is 8.01. The number of rotatable bonds is 4. The molecule has 0 radical (unpaired) electrons. The van der Waals surface area contributed by atoms with Crippen LogP contribution in [0.3, 0.4) is 0 Å². The Labute approximate surface area is 154 Å². The van der Waals surface area contributed by atoms with E-state index in [0.29, 0.717) is 11.8 Å². The molecule has 4 bridgehead atoms. The lowest BCUT2D eigenvalue weighted by Crippen LogP contribution is -2.51. The molecule has 2 unspecified atom stereocenters. The van der Waals surface area contributed by atoms with Crippen LogP contribution in [-0.4, -0.2) is 39.9 Å². The lowest BCUT2D eigenvalue weighted by molar-refractivity contribution is -0.138. The van der Waals surface area contributed by atoms with Gasteiger partial charge < -0.3 is 10.2 Å². The third-order valence-corrected chi connectivity index (χ3v) is 9.37. The van der Waals surface area contributed by atoms with E-state index >= 15 is 0 Å². The van der Waals surface area contributed by atoms with Crippen LogP contribution in [0.15, 0.2) is 0 Å². The second kappa shape index (κ2) is 5.64. The molecule has 2 amide bonds. The topological polar surface area (TPSA) is 49.4 Å². The molecule has 25 heavy (non-hydrogen) atoms. The van der Waals surface area contributed by atoms with Crippen LogP contribution in [0.1, 0.15) is 64.7 Å². The Morgan fingerprint density at radius 3 is 2.48 bits per heavy atom. The number of hydrogen-bond donors (Lipinski definition) is 1. The molecule has 138 valence electrons. The first kappa shape index (κ1) is 16.5. The van der Waals surface area contributed by atoms with Gasteiger partial charge in [0.2, 0.25) is 11.8 Å². The summed E-state index contributed by atoms with van der Waals surface area (Å²) in [5, 5.41) is 3.20. The number of amides is 2. The molecule has 5 heteroatoms. The summed E-state index contributed by atoms with van der Waals surface area (Å²) in [4.78, 5) is 26.7. The molecule has 2 aliphatic heterocycles. The van der Waals surface area contributed by atoms with Gasteiger partial charge in [-0.25, -0.2) is 0 Å². The smallest absolute Gasteiger partial charge is 0.243 e. The Balaban J connectivity index is 1.18. The van der Waals surface area contributed by atoms with Crippen LogP contribution in [0.2, 0.25) is 0 Å². The Morgan fingerprint density at radius 1 is 1.20 bits per heavy atom. The number of hydrogen-bond acceptors (Lipinski definition) is 3. The summed E-state index contributed by atoms with van der Waals surface area (Å²) < 4.78 is 0. The van der Waals surface area contributed by atoms with E-state index in [2.05, 4.69) is 12.2 Å². The Bertz CT molecular complexity index is 571. The van der Waals surface area contributed by atoms with Crippen molar-refractivity contribution in [2.24, 2.45) is 23.2 Å². The van der Waals surface area contributed by atoms with Gasteiger partial charge in [-0.3, -0.25) is 9.59 Å². The predicted octanol–water partition coefficient (Wildman–Crippen LogP) is 3.16. The van der Waals surface area contributed by atoms with Gasteiger partial charge in [-0.05, 0) is 81.5 Å². The average molecular weight is 363 g/mol. The summed E-state index contributed by atoms with van der Waals surface area (Å²) >= 11 is 1.78. The van der Waals surface area contributed by atoms with E-state index in [1.54, 1.807) is 11.8 Å². The molecule has 6 rings (SSSR count). The van der Waals surface area contributed by atoms with Gasteiger partial charge in [0.15, 0.2) is 0 Å². The molecule has 2 saturated heterocycles. The summed E-state index contributed by atoms with van der Waals surface area (Å²) in [5.74, 6) is 3.90. The minimum Gasteiger partial charge on any atom is -0.354 e. The first-order valence-corrected chi connectivity index (χ1v) is 11.2. The summed E-state index contributed by atoms with van der Waals surface area (Å²) in [7, 11) is 0. The van der Waals surface area contributed by atoms with Crippen LogP contribution in [0.25, 0.3) is 0 Å². The number of carbonyl (C=O) groups excluding carboxylic acids is 2. The van der Waals surface area contributed by atoms with Crippen LogP contribution < -0.4 is 5.32 Å². The highest BCUT2D eigenvalue weighted by Crippen LogP contribution is 2.61. The fraction of sp³-hybridized carbons (Fsp3) is 0.900. The largest absolute Gasteiger partial charge is 0.354 e. The van der Waals surface area contributed by atoms with Crippen molar-refractivity contribution in [3.8, 4) is 0 Å². The standard InChI is InChI=1S/C20H30N2O2S/c1-19-3-2-17(23)22(19)16(12-25-19)18(24)21-5-4-20-9-13-6-14(10-20)8-15(7-13)11-20/h13-16H,2-12H2,1H3,(H,21,24). The maximum atomic E-state index is 12.7. The van der Waals surface area contributed by atoms with Crippen molar-refractivity contribution in [2.45, 2.75) is 75.6 Å². The highest BCUT2D eigenvalue weighted by Gasteiger charge is 2.53. The van der Waals surface area contributed by atoms with Crippen molar-refractivity contribution < 1.29 is 9.59 Å². The van der Waals surface area contributed by atoms with Crippen LogP contribution in [-0.2, 0) is 9.59 Å². The second-order valence-electron chi connectivity index (χ2n) is 9.72. The summed E-state index contributed by atoms with van der Waals surface area (Å²) in [5.41, 5.74) is 0.518. The van der Waals surface area contributed by atoms with Gasteiger partial charge in [-0.15, -0.1) is 11.8 Å². The molecule has 6 aliphatic rings. The lowest BCUT2D eigenvalue weighted by atomic mass is 9.49. The van der Waals surface area contributed by atoms with Gasteiger partial charge in [-0.2, -0.15) is 0 Å². The van der Waals surface area contributed by atoms with Crippen LogP contribution in [0, 0.1) is 23.2 Å². The SMILES string of the molecule is CC12CCC(=O)N1C(C(=O)NCCC13CC4CC(CC(C4)C1)C3)CS2. The van der Waals surface area contributed by atoms with E-state index in [1.165, 1.54) is 38.5 Å². The van der Waals surface area contributed by atoms with Crippen molar-refractivity contribution in [1.29, 1.82) is 0 Å². The van der Waals surface area contributed by atoms with Gasteiger partial charge in [0.1, 0.15) is 6.04 Å². The van der Waals surface area contributed by atoms with Crippen molar-refractivity contribution >= 4 is 23.6 Å². The number of nitrogens with zero attached hydrogens (tertiary/aromatic N) is 1. The zero-order valence-electron chi connectivity index (χ0n) is 15.3. The summed E-state index contributed by atoms with van der Waals surface area (Å²) in [6.45, 7) is 2.91. The quantitative estimate of drug-likeness (QED) is 0.836. The number of nitrogens with one attached hydrogen (secondary N) is 1. The first-order chi connectivity index (χ1) is 12.0. The van der Waals surface area contributed by atoms with E-state index in [1.807, 2.05) is 4.90 Å². The first-order valence-electron chi connectivity index (χ1n) is 10.2. The predicted molar refractivity (Wildman–Crippen MR) is 99.0 cm³/mol. The molecule has 2 heterocycles. The third-order valence-electron chi connectivity index (χ3n) is 7.87. The van der Waals surface area contributed by atoms with Crippen molar-refractivity contribution in [1.82, 2.24) is 10.2 Å². The van der Waals surface area contributed by atoms with E-state index in [-0.39, 0.29) is 22.7 Å². The maximum Gasteiger partial charge on any atom is 0.243 e. The van der Waals surface area contributed by atoms with Crippen molar-refractivity contribution in [2.75, 3.05) is 12.3 Å². The number of carbonyl (C=O) groups is 2. The minimum absolute atomic E-state index is 0.0798. The van der Waals surface area contributed by atoms with Crippen molar-refractivity contribution in [3.63, 3.8) is 0 Å². The maximum absolute atomic E-state index is 12.7. The summed E-state index contributed by atoms with van der Waals surface area (Å²) in [6.07, 6.45) is 11.2. The molecule has 0 aromatic carbocycles. The Kier molecular flexibility index (Phi) is 3.71. The van der Waals surface area contributed by atoms with Gasteiger partial charge in [0.05, 0.1) is 4.87 Å². The lowest BCUT2D eigenvalue weighted by Gasteiger charge is -2.57. The highest BCUT2D eigenvalue weighted by atomic mass is 32.2. The second-order valence-corrected chi connectivity index (χ2v) is 11.2. The fourth-order valence-electron chi connectivity index (χ4n) is 7.18. The third kappa shape index (κ3) is 2.64. The average Bonchev–Trinajstić information content (AvgIpc) is 3.02. The normalized spacial score (nSPS) is 47.4. The zero-order valence-corrected chi connectivity index (χ0v) is 16.1. The summed E-state index contributed by atoms with van der Waals surface area (Å²) in [6, 6.07) is -0.249. The van der Waals surface area contributed by atoms with Gasteiger partial charge in [0.25, 0.3) is 0 Å². The van der Waals surface area contributed by atoms with Crippen LogP contribution in [0.5, 0.6) is 0 Å². The van der Waals surface area contributed by atoms with Gasteiger partial charge >= 0.3 is 0 Å². The fourth-order valence-corrected chi connectivity index (χ4v) is 8.61. The molecule has 4 saturated carbocycles. The monoisotopic (exact) mass is 362 g/mol. The molecule has 4 nitrogen and oxygen atoms in total. The number of thioether (sulfide) groups is 1. The Hall–Kier alpha value is -0.710. The van der Waals surface area contributed by atoms with Gasteiger partial charge in [-0.1, -0.05) is 0 Å². The molecule has 0 aromatic rings. The Morgan fingerprint density at radius 2 is 1.84 bits per heavy atom. The van der Waals surface area contributed by atoms with E-state index < -0.39 is 0 Å². The van der Waals surface area contributed by atoms with E-state index in [0.717, 1.165) is 42.9 Å². The minimum atomic E-state index is -0.249. The molecule has 4 aliphatic carbocycles. The molecule has 1 N–H and O–H groups in total. The van der Waals surface area contributed by atoms with Crippen LogP contribution in [0.4, 0.5) is 0 Å². The molecular formula is C20H30N2O2S. The molecule has 6 fully saturated rings. The zero-order chi connectivity index (χ0) is 17.2. The van der Waals surface area contributed by atoms with Gasteiger partial charge in [0, 0.05) is 18.7 Å². The van der Waals surface area contributed by atoms with E-state index in [9.17, 15) is 9.59 Å².